The Morgan fingerprint density at radius 3 is 1.86 bits per heavy atom. The van der Waals surface area contributed by atoms with E-state index in [1.807, 2.05) is 24.3 Å². The number of fused-ring (bicyclic) bond motifs is 2. The van der Waals surface area contributed by atoms with Gasteiger partial charge >= 0.3 is 0 Å². The molecule has 4 aromatic rings. The molecule has 0 amide bonds. The molecular formula is C23H18Cl2F2O2. The van der Waals surface area contributed by atoms with Gasteiger partial charge in [-0.25, -0.2) is 8.78 Å². The fourth-order valence-electron chi connectivity index (χ4n) is 2.57. The molecule has 2 nitrogen and oxygen atoms in total. The van der Waals surface area contributed by atoms with Crippen molar-refractivity contribution in [2.45, 2.75) is 5.02 Å². The molecule has 0 aromatic heterocycles. The number of ether oxygens (including phenoxy) is 1. The molecule has 0 aliphatic rings. The number of carbonyl (C=O) groups excluding carboxylic acids is 1. The Bertz CT molecular complexity index is 1080. The highest BCUT2D eigenvalue weighted by molar-refractivity contribution is 6.43. The normalized spacial score (nSPS) is 10.1. The van der Waals surface area contributed by atoms with Gasteiger partial charge in [0, 0.05) is 23.4 Å². The maximum Gasteiger partial charge on any atom is 0.206 e. The molecule has 0 aliphatic carbocycles. The summed E-state index contributed by atoms with van der Waals surface area (Å²) in [6.45, 7) is 0. The zero-order chi connectivity index (χ0) is 21.2. The molecule has 0 bridgehead atoms. The highest BCUT2D eigenvalue weighted by Crippen LogP contribution is 2.20. The van der Waals surface area contributed by atoms with E-state index in [1.54, 1.807) is 36.4 Å². The van der Waals surface area contributed by atoms with Crippen LogP contribution in [0.15, 0.2) is 78.9 Å². The highest BCUT2D eigenvalue weighted by Gasteiger charge is 2.03. The molecule has 0 heterocycles. The standard InChI is InChI=1S/C11H7FO.C10H7F.C2H4Cl2O/c12-11-6-5-8(7-13)9-3-1-2-4-10(9)11;11-10-7-3-5-8-4-1-2-6-9(8)10;1-5-2(3)4/h1-7H;1-7H;2H,1H3. The summed E-state index contributed by atoms with van der Waals surface area (Å²) in [6, 6.07) is 22.3. The summed E-state index contributed by atoms with van der Waals surface area (Å²) in [5.74, 6) is -0.440. The third-order valence-corrected chi connectivity index (χ3v) is 4.30. The van der Waals surface area contributed by atoms with Crippen LogP contribution in [-0.2, 0) is 4.74 Å². The molecule has 6 heteroatoms. The van der Waals surface area contributed by atoms with Crippen LogP contribution in [-0.4, -0.2) is 18.4 Å². The number of aldehydes is 1. The summed E-state index contributed by atoms with van der Waals surface area (Å²) in [7, 11) is 1.44. The molecular weight excluding hydrogens is 417 g/mol. The zero-order valence-corrected chi connectivity index (χ0v) is 17.0. The SMILES string of the molecule is COC(Cl)Cl.Fc1cccc2ccccc12.O=Cc1ccc(F)c2ccccc12. The van der Waals surface area contributed by atoms with Gasteiger partial charge in [-0.1, -0.05) is 83.9 Å². The van der Waals surface area contributed by atoms with Crippen molar-refractivity contribution >= 4 is 51.0 Å². The van der Waals surface area contributed by atoms with Gasteiger partial charge in [-0.15, -0.1) is 0 Å². The van der Waals surface area contributed by atoms with Crippen LogP contribution >= 0.6 is 23.2 Å². The third-order valence-electron chi connectivity index (χ3n) is 3.95. The molecule has 150 valence electrons. The first kappa shape index (κ1) is 22.8. The minimum absolute atomic E-state index is 0.150. The van der Waals surface area contributed by atoms with Crippen LogP contribution in [0.4, 0.5) is 8.78 Å². The second kappa shape index (κ2) is 11.5. The Kier molecular flexibility index (Phi) is 9.00. The number of halogens is 4. The van der Waals surface area contributed by atoms with Crippen molar-refractivity contribution < 1.29 is 18.3 Å². The van der Waals surface area contributed by atoms with Crippen molar-refractivity contribution in [1.29, 1.82) is 0 Å². The lowest BCUT2D eigenvalue weighted by Gasteiger charge is -2.00. The van der Waals surface area contributed by atoms with Gasteiger partial charge in [-0.3, -0.25) is 4.79 Å². The molecule has 4 aromatic carbocycles. The summed E-state index contributed by atoms with van der Waals surface area (Å²) < 4.78 is 30.5. The van der Waals surface area contributed by atoms with Gasteiger partial charge in [0.2, 0.25) is 5.02 Å². The number of benzene rings is 4. The smallest absolute Gasteiger partial charge is 0.206 e. The molecule has 0 saturated heterocycles. The Labute approximate surface area is 177 Å². The van der Waals surface area contributed by atoms with Crippen molar-refractivity contribution in [3.05, 3.63) is 96.1 Å². The first-order chi connectivity index (χ1) is 14.0. The van der Waals surface area contributed by atoms with Crippen LogP contribution in [0.25, 0.3) is 21.5 Å². The summed E-state index contributed by atoms with van der Waals surface area (Å²) in [6.07, 6.45) is 0.738. The zero-order valence-electron chi connectivity index (χ0n) is 15.5. The molecule has 29 heavy (non-hydrogen) atoms. The lowest BCUT2D eigenvalue weighted by molar-refractivity contribution is 0.112. The maximum atomic E-state index is 13.2. The number of hydrogen-bond acceptors (Lipinski definition) is 2. The van der Waals surface area contributed by atoms with E-state index in [0.717, 1.165) is 11.7 Å². The van der Waals surface area contributed by atoms with Gasteiger partial charge in [0.1, 0.15) is 11.6 Å². The largest absolute Gasteiger partial charge is 0.352 e. The van der Waals surface area contributed by atoms with Crippen LogP contribution in [0, 0.1) is 11.6 Å². The fourth-order valence-corrected chi connectivity index (χ4v) is 2.57. The third kappa shape index (κ3) is 6.50. The van der Waals surface area contributed by atoms with E-state index in [9.17, 15) is 13.6 Å². The van der Waals surface area contributed by atoms with Gasteiger partial charge in [0.25, 0.3) is 0 Å². The Morgan fingerprint density at radius 1 is 0.759 bits per heavy atom. The van der Waals surface area contributed by atoms with Crippen LogP contribution in [0.5, 0.6) is 0 Å². The lowest BCUT2D eigenvalue weighted by Crippen LogP contribution is -1.85. The molecule has 4 rings (SSSR count). The first-order valence-corrected chi connectivity index (χ1v) is 9.42. The predicted molar refractivity (Wildman–Crippen MR) is 116 cm³/mol. The first-order valence-electron chi connectivity index (χ1n) is 8.54. The number of carbonyl (C=O) groups is 1. The molecule has 0 spiro atoms. The fraction of sp³-hybridized carbons (Fsp3) is 0.0870. The number of hydrogen-bond donors (Lipinski definition) is 0. The Morgan fingerprint density at radius 2 is 1.28 bits per heavy atom. The van der Waals surface area contributed by atoms with Gasteiger partial charge in [-0.05, 0) is 29.0 Å². The van der Waals surface area contributed by atoms with Crippen LogP contribution < -0.4 is 0 Å². The summed E-state index contributed by atoms with van der Waals surface area (Å²) in [4.78, 5) is 10.6. The van der Waals surface area contributed by atoms with E-state index < -0.39 is 5.02 Å². The van der Waals surface area contributed by atoms with Crippen molar-refractivity contribution in [2.75, 3.05) is 7.11 Å². The summed E-state index contributed by atoms with van der Waals surface area (Å²) >= 11 is 10.0. The van der Waals surface area contributed by atoms with Crippen molar-refractivity contribution in [1.82, 2.24) is 0 Å². The van der Waals surface area contributed by atoms with Crippen LogP contribution in [0.3, 0.4) is 0 Å². The molecule has 0 unspecified atom stereocenters. The van der Waals surface area contributed by atoms with Gasteiger partial charge in [0.05, 0.1) is 0 Å². The average molecular weight is 435 g/mol. The van der Waals surface area contributed by atoms with Crippen molar-refractivity contribution in [3.8, 4) is 0 Å². The molecule has 0 atom stereocenters. The maximum absolute atomic E-state index is 13.2. The van der Waals surface area contributed by atoms with E-state index in [4.69, 9.17) is 23.2 Å². The summed E-state index contributed by atoms with van der Waals surface area (Å²) in [5, 5.41) is 2.13. The quantitative estimate of drug-likeness (QED) is 0.247. The van der Waals surface area contributed by atoms with E-state index in [2.05, 4.69) is 4.74 Å². The van der Waals surface area contributed by atoms with Crippen molar-refractivity contribution in [2.24, 2.45) is 0 Å². The Hall–Kier alpha value is -2.53. The molecule has 0 N–H and O–H groups in total. The number of methoxy groups -OCH3 is 1. The molecule has 0 radical (unpaired) electrons. The lowest BCUT2D eigenvalue weighted by atomic mass is 10.1. The van der Waals surface area contributed by atoms with E-state index >= 15 is 0 Å². The molecule has 0 aliphatic heterocycles. The summed E-state index contributed by atoms with van der Waals surface area (Å²) in [5.41, 5.74) is 0.525. The second-order valence-corrected chi connectivity index (χ2v) is 6.77. The second-order valence-electron chi connectivity index (χ2n) is 5.76. The number of alkyl halides is 2. The van der Waals surface area contributed by atoms with E-state index in [1.165, 1.54) is 25.3 Å². The van der Waals surface area contributed by atoms with Gasteiger partial charge in [0.15, 0.2) is 6.29 Å². The minimum atomic E-state index is -0.671. The molecule has 0 fully saturated rings. The topological polar surface area (TPSA) is 26.3 Å². The van der Waals surface area contributed by atoms with Crippen LogP contribution in [0.1, 0.15) is 10.4 Å². The van der Waals surface area contributed by atoms with Gasteiger partial charge in [-0.2, -0.15) is 0 Å². The predicted octanol–water partition coefficient (Wildman–Crippen LogP) is 7.16. The minimum Gasteiger partial charge on any atom is -0.352 e. The number of rotatable bonds is 2. The van der Waals surface area contributed by atoms with Gasteiger partial charge < -0.3 is 4.74 Å². The van der Waals surface area contributed by atoms with Crippen molar-refractivity contribution in [3.63, 3.8) is 0 Å². The van der Waals surface area contributed by atoms with E-state index in [0.29, 0.717) is 21.7 Å². The average Bonchev–Trinajstić information content (AvgIpc) is 2.75. The van der Waals surface area contributed by atoms with Crippen LogP contribution in [0.2, 0.25) is 0 Å². The highest BCUT2D eigenvalue weighted by atomic mass is 35.5. The Balaban J connectivity index is 0.000000171. The monoisotopic (exact) mass is 434 g/mol. The van der Waals surface area contributed by atoms with E-state index in [-0.39, 0.29) is 11.6 Å². The molecule has 0 saturated carbocycles.